The Labute approximate surface area is 122 Å². The van der Waals surface area contributed by atoms with Gasteiger partial charge in [0.2, 0.25) is 0 Å². The van der Waals surface area contributed by atoms with E-state index in [-0.39, 0.29) is 0 Å². The van der Waals surface area contributed by atoms with Crippen molar-refractivity contribution >= 4 is 5.97 Å². The van der Waals surface area contributed by atoms with Crippen LogP contribution in [0.1, 0.15) is 15.9 Å². The second-order valence-corrected chi connectivity index (χ2v) is 4.73. The van der Waals surface area contributed by atoms with Crippen molar-refractivity contribution in [3.63, 3.8) is 0 Å². The van der Waals surface area contributed by atoms with Crippen molar-refractivity contribution in [2.24, 2.45) is 0 Å². The molecule has 0 unspecified atom stereocenters. The van der Waals surface area contributed by atoms with Gasteiger partial charge in [0.1, 0.15) is 0 Å². The standard InChI is InChI=1S/C17H14N2O2/c20-17(21)15-8-11-19(12-13-6-9-18-10-7-13)16(15)14-4-2-1-3-5-14/h1-11H,12H2,(H,20,21). The van der Waals surface area contributed by atoms with Gasteiger partial charge >= 0.3 is 5.97 Å². The average Bonchev–Trinajstić information content (AvgIpc) is 2.93. The number of rotatable bonds is 4. The maximum Gasteiger partial charge on any atom is 0.337 e. The highest BCUT2D eigenvalue weighted by atomic mass is 16.4. The number of nitrogens with zero attached hydrogens (tertiary/aromatic N) is 2. The molecule has 104 valence electrons. The predicted molar refractivity (Wildman–Crippen MR) is 80.2 cm³/mol. The molecule has 0 atom stereocenters. The van der Waals surface area contributed by atoms with E-state index in [4.69, 9.17) is 0 Å². The molecule has 2 heterocycles. The molecule has 0 aliphatic heterocycles. The fraction of sp³-hybridized carbons (Fsp3) is 0.0588. The number of benzene rings is 1. The van der Waals surface area contributed by atoms with Gasteiger partial charge in [0, 0.05) is 25.1 Å². The van der Waals surface area contributed by atoms with Gasteiger partial charge in [-0.15, -0.1) is 0 Å². The molecule has 4 heteroatoms. The van der Waals surface area contributed by atoms with Crippen LogP contribution in [0.3, 0.4) is 0 Å². The molecular weight excluding hydrogens is 264 g/mol. The Morgan fingerprint density at radius 2 is 1.76 bits per heavy atom. The average molecular weight is 278 g/mol. The van der Waals surface area contributed by atoms with Gasteiger partial charge in [-0.25, -0.2) is 4.79 Å². The molecule has 0 aliphatic rings. The van der Waals surface area contributed by atoms with E-state index in [0.29, 0.717) is 12.1 Å². The van der Waals surface area contributed by atoms with Crippen molar-refractivity contribution in [1.82, 2.24) is 9.55 Å². The monoisotopic (exact) mass is 278 g/mol. The fourth-order valence-corrected chi connectivity index (χ4v) is 2.38. The first-order valence-electron chi connectivity index (χ1n) is 6.62. The molecule has 1 N–H and O–H groups in total. The number of hydrogen-bond acceptors (Lipinski definition) is 2. The zero-order valence-electron chi connectivity index (χ0n) is 11.3. The highest BCUT2D eigenvalue weighted by Crippen LogP contribution is 2.26. The Balaban J connectivity index is 2.07. The smallest absolute Gasteiger partial charge is 0.337 e. The van der Waals surface area contributed by atoms with Crippen LogP contribution in [0.2, 0.25) is 0 Å². The van der Waals surface area contributed by atoms with Crippen LogP contribution in [-0.2, 0) is 6.54 Å². The van der Waals surface area contributed by atoms with Crippen molar-refractivity contribution in [3.8, 4) is 11.3 Å². The van der Waals surface area contributed by atoms with Gasteiger partial charge < -0.3 is 9.67 Å². The number of aromatic nitrogens is 2. The number of hydrogen-bond donors (Lipinski definition) is 1. The van der Waals surface area contributed by atoms with Gasteiger partial charge in [-0.1, -0.05) is 30.3 Å². The molecule has 0 spiro atoms. The van der Waals surface area contributed by atoms with Crippen molar-refractivity contribution in [1.29, 1.82) is 0 Å². The molecular formula is C17H14N2O2. The van der Waals surface area contributed by atoms with E-state index < -0.39 is 5.97 Å². The van der Waals surface area contributed by atoms with Crippen LogP contribution >= 0.6 is 0 Å². The molecule has 3 aromatic rings. The molecule has 0 saturated carbocycles. The summed E-state index contributed by atoms with van der Waals surface area (Å²) in [4.78, 5) is 15.4. The quantitative estimate of drug-likeness (QED) is 0.796. The summed E-state index contributed by atoms with van der Waals surface area (Å²) in [6.07, 6.45) is 5.28. The normalized spacial score (nSPS) is 10.5. The Kier molecular flexibility index (Phi) is 3.51. The van der Waals surface area contributed by atoms with Crippen LogP contribution < -0.4 is 0 Å². The van der Waals surface area contributed by atoms with Gasteiger partial charge in [-0.3, -0.25) is 4.98 Å². The number of carbonyl (C=O) groups is 1. The molecule has 3 rings (SSSR count). The van der Waals surface area contributed by atoms with Crippen LogP contribution in [0, 0.1) is 0 Å². The van der Waals surface area contributed by atoms with Crippen LogP contribution in [0.25, 0.3) is 11.3 Å². The van der Waals surface area contributed by atoms with Crippen LogP contribution in [0.15, 0.2) is 67.1 Å². The number of carboxylic acid groups (broad SMARTS) is 1. The van der Waals surface area contributed by atoms with E-state index in [1.54, 1.807) is 18.5 Å². The summed E-state index contributed by atoms with van der Waals surface area (Å²) >= 11 is 0. The van der Waals surface area contributed by atoms with Gasteiger partial charge in [0.25, 0.3) is 0 Å². The first-order chi connectivity index (χ1) is 10.3. The molecule has 0 amide bonds. The largest absolute Gasteiger partial charge is 0.478 e. The maximum atomic E-state index is 11.4. The molecule has 0 fully saturated rings. The summed E-state index contributed by atoms with van der Waals surface area (Å²) in [6, 6.07) is 15.1. The second kappa shape index (κ2) is 5.63. The molecule has 1 aromatic carbocycles. The Morgan fingerprint density at radius 3 is 2.43 bits per heavy atom. The number of carboxylic acids is 1. The lowest BCUT2D eigenvalue weighted by Crippen LogP contribution is -2.04. The molecule has 2 aromatic heterocycles. The van der Waals surface area contributed by atoms with Crippen LogP contribution in [-0.4, -0.2) is 20.6 Å². The van der Waals surface area contributed by atoms with Crippen molar-refractivity contribution in [2.75, 3.05) is 0 Å². The zero-order chi connectivity index (χ0) is 14.7. The van der Waals surface area contributed by atoms with Crippen LogP contribution in [0.5, 0.6) is 0 Å². The van der Waals surface area contributed by atoms with Crippen molar-refractivity contribution in [3.05, 3.63) is 78.2 Å². The highest BCUT2D eigenvalue weighted by Gasteiger charge is 2.16. The minimum atomic E-state index is -0.915. The molecule has 4 nitrogen and oxygen atoms in total. The molecule has 0 aliphatic carbocycles. The third-order valence-corrected chi connectivity index (χ3v) is 3.34. The van der Waals surface area contributed by atoms with Crippen molar-refractivity contribution < 1.29 is 9.90 Å². The lowest BCUT2D eigenvalue weighted by molar-refractivity contribution is 0.0698. The highest BCUT2D eigenvalue weighted by molar-refractivity contribution is 5.95. The topological polar surface area (TPSA) is 55.1 Å². The minimum absolute atomic E-state index is 0.315. The van der Waals surface area contributed by atoms with Crippen molar-refractivity contribution in [2.45, 2.75) is 6.54 Å². The Bertz CT molecular complexity index is 749. The van der Waals surface area contributed by atoms with Gasteiger partial charge in [0.15, 0.2) is 0 Å². The minimum Gasteiger partial charge on any atom is -0.478 e. The van der Waals surface area contributed by atoms with E-state index in [0.717, 1.165) is 16.8 Å². The molecule has 0 saturated heterocycles. The summed E-state index contributed by atoms with van der Waals surface area (Å²) in [5.41, 5.74) is 3.01. The number of pyridine rings is 1. The van der Waals surface area contributed by atoms with Gasteiger partial charge in [-0.2, -0.15) is 0 Å². The van der Waals surface area contributed by atoms with Gasteiger partial charge in [-0.05, 0) is 29.3 Å². The molecule has 21 heavy (non-hydrogen) atoms. The molecule has 0 radical (unpaired) electrons. The maximum absolute atomic E-state index is 11.4. The zero-order valence-corrected chi connectivity index (χ0v) is 11.3. The van der Waals surface area contributed by atoms with Crippen LogP contribution in [0.4, 0.5) is 0 Å². The SMILES string of the molecule is O=C(O)c1ccn(Cc2ccncc2)c1-c1ccccc1. The number of aromatic carboxylic acids is 1. The van der Waals surface area contributed by atoms with E-state index in [9.17, 15) is 9.90 Å². The third-order valence-electron chi connectivity index (χ3n) is 3.34. The molecule has 0 bridgehead atoms. The lowest BCUT2D eigenvalue weighted by Gasteiger charge is -2.11. The van der Waals surface area contributed by atoms with E-state index in [1.807, 2.05) is 53.2 Å². The summed E-state index contributed by atoms with van der Waals surface area (Å²) in [6.45, 7) is 0.611. The fourth-order valence-electron chi connectivity index (χ4n) is 2.38. The summed E-state index contributed by atoms with van der Waals surface area (Å²) in [5.74, 6) is -0.915. The van der Waals surface area contributed by atoms with E-state index in [1.165, 1.54) is 0 Å². The van der Waals surface area contributed by atoms with Gasteiger partial charge in [0.05, 0.1) is 11.3 Å². The summed E-state index contributed by atoms with van der Waals surface area (Å²) in [5, 5.41) is 9.38. The summed E-state index contributed by atoms with van der Waals surface area (Å²) in [7, 11) is 0. The van der Waals surface area contributed by atoms with E-state index in [2.05, 4.69) is 4.98 Å². The lowest BCUT2D eigenvalue weighted by atomic mass is 10.1. The van der Waals surface area contributed by atoms with E-state index >= 15 is 0 Å². The Hall–Kier alpha value is -2.88. The summed E-state index contributed by atoms with van der Waals surface area (Å²) < 4.78 is 1.95. The second-order valence-electron chi connectivity index (χ2n) is 4.73. The predicted octanol–water partition coefficient (Wildman–Crippen LogP) is 3.30. The third kappa shape index (κ3) is 2.69. The first kappa shape index (κ1) is 13.1. The first-order valence-corrected chi connectivity index (χ1v) is 6.62. The Morgan fingerprint density at radius 1 is 1.05 bits per heavy atom.